The Kier molecular flexibility index (Phi) is 9.76. The monoisotopic (exact) mass is 280 g/mol. The summed E-state index contributed by atoms with van der Waals surface area (Å²) in [6.45, 7) is 3.74. The van der Waals surface area contributed by atoms with Crippen LogP contribution < -0.4 is 9.47 Å². The molecule has 0 aliphatic rings. The van der Waals surface area contributed by atoms with Crippen LogP contribution in [0.1, 0.15) is 51.9 Å². The highest BCUT2D eigenvalue weighted by Crippen LogP contribution is 2.18. The highest BCUT2D eigenvalue weighted by Gasteiger charge is 1.97. The fraction of sp³-hybridized carbons (Fsp3) is 0.647. The van der Waals surface area contributed by atoms with E-state index < -0.39 is 0 Å². The first kappa shape index (κ1) is 16.8. The molecule has 114 valence electrons. The van der Waals surface area contributed by atoms with Gasteiger partial charge < -0.3 is 14.6 Å². The Morgan fingerprint density at radius 3 is 1.80 bits per heavy atom. The Labute approximate surface area is 122 Å². The van der Waals surface area contributed by atoms with E-state index in [9.17, 15) is 0 Å². The molecule has 0 saturated carbocycles. The fourth-order valence-corrected chi connectivity index (χ4v) is 1.96. The molecule has 3 nitrogen and oxygen atoms in total. The molecule has 0 unspecified atom stereocenters. The van der Waals surface area contributed by atoms with Gasteiger partial charge in [0.15, 0.2) is 0 Å². The maximum Gasteiger partial charge on any atom is 0.119 e. The Hall–Kier alpha value is -1.22. The molecular formula is C17H28O3. The standard InChI is InChI=1S/C17H28O3/c1-2-3-4-5-6-7-14-19-16-9-11-17(12-10-16)20-15-8-13-18/h9-12,18H,2-8,13-15H2,1H3. The fourth-order valence-electron chi connectivity index (χ4n) is 1.96. The third kappa shape index (κ3) is 8.05. The van der Waals surface area contributed by atoms with E-state index in [1.54, 1.807) is 0 Å². The third-order valence-electron chi connectivity index (χ3n) is 3.16. The summed E-state index contributed by atoms with van der Waals surface area (Å²) in [5, 5.41) is 8.68. The van der Waals surface area contributed by atoms with Gasteiger partial charge in [-0.15, -0.1) is 0 Å². The lowest BCUT2D eigenvalue weighted by Crippen LogP contribution is -2.00. The maximum absolute atomic E-state index is 8.68. The van der Waals surface area contributed by atoms with Gasteiger partial charge in [0, 0.05) is 13.0 Å². The van der Waals surface area contributed by atoms with Crippen molar-refractivity contribution in [1.29, 1.82) is 0 Å². The van der Waals surface area contributed by atoms with Crippen LogP contribution in [0.5, 0.6) is 11.5 Å². The average molecular weight is 280 g/mol. The number of ether oxygens (including phenoxy) is 2. The van der Waals surface area contributed by atoms with Crippen molar-refractivity contribution in [2.45, 2.75) is 51.9 Å². The van der Waals surface area contributed by atoms with Gasteiger partial charge in [0.2, 0.25) is 0 Å². The van der Waals surface area contributed by atoms with E-state index in [1.807, 2.05) is 24.3 Å². The van der Waals surface area contributed by atoms with Crippen LogP contribution in [0.3, 0.4) is 0 Å². The maximum atomic E-state index is 8.68. The zero-order valence-electron chi connectivity index (χ0n) is 12.6. The molecular weight excluding hydrogens is 252 g/mol. The zero-order valence-corrected chi connectivity index (χ0v) is 12.6. The lowest BCUT2D eigenvalue weighted by Gasteiger charge is -2.08. The van der Waals surface area contributed by atoms with Gasteiger partial charge in [0.05, 0.1) is 13.2 Å². The number of hydrogen-bond donors (Lipinski definition) is 1. The van der Waals surface area contributed by atoms with Crippen LogP contribution in [0, 0.1) is 0 Å². The summed E-state index contributed by atoms with van der Waals surface area (Å²) < 4.78 is 11.2. The predicted octanol–water partition coefficient (Wildman–Crippen LogP) is 4.19. The minimum atomic E-state index is 0.166. The molecule has 0 heterocycles. The second kappa shape index (κ2) is 11.6. The van der Waals surface area contributed by atoms with Crippen molar-refractivity contribution in [3.05, 3.63) is 24.3 Å². The van der Waals surface area contributed by atoms with E-state index in [1.165, 1.54) is 32.1 Å². The number of rotatable bonds is 12. The van der Waals surface area contributed by atoms with Crippen molar-refractivity contribution in [2.24, 2.45) is 0 Å². The van der Waals surface area contributed by atoms with Gasteiger partial charge >= 0.3 is 0 Å². The van der Waals surface area contributed by atoms with E-state index in [0.29, 0.717) is 13.0 Å². The summed E-state index contributed by atoms with van der Waals surface area (Å²) in [5.41, 5.74) is 0. The predicted molar refractivity (Wildman–Crippen MR) is 82.5 cm³/mol. The van der Waals surface area contributed by atoms with Gasteiger partial charge in [-0.2, -0.15) is 0 Å². The summed E-state index contributed by atoms with van der Waals surface area (Å²) in [6.07, 6.45) is 8.34. The normalized spacial score (nSPS) is 10.5. The molecule has 0 spiro atoms. The topological polar surface area (TPSA) is 38.7 Å². The second-order valence-corrected chi connectivity index (χ2v) is 5.01. The van der Waals surface area contributed by atoms with Gasteiger partial charge in [-0.05, 0) is 30.7 Å². The van der Waals surface area contributed by atoms with Gasteiger partial charge in [0.25, 0.3) is 0 Å². The quantitative estimate of drug-likeness (QED) is 0.584. The van der Waals surface area contributed by atoms with E-state index in [2.05, 4.69) is 6.92 Å². The van der Waals surface area contributed by atoms with E-state index in [-0.39, 0.29) is 6.61 Å². The highest BCUT2D eigenvalue weighted by molar-refractivity contribution is 5.31. The molecule has 1 rings (SSSR count). The summed E-state index contributed by atoms with van der Waals surface area (Å²) in [5.74, 6) is 1.72. The van der Waals surface area contributed by atoms with E-state index in [0.717, 1.165) is 24.5 Å². The molecule has 1 aromatic carbocycles. The third-order valence-corrected chi connectivity index (χ3v) is 3.16. The minimum absolute atomic E-state index is 0.166. The zero-order chi connectivity index (χ0) is 14.5. The van der Waals surface area contributed by atoms with Crippen LogP contribution in [0.15, 0.2) is 24.3 Å². The molecule has 1 aromatic rings. The summed E-state index contributed by atoms with van der Waals surface area (Å²) in [7, 11) is 0. The van der Waals surface area contributed by atoms with Gasteiger partial charge in [-0.3, -0.25) is 0 Å². The molecule has 0 saturated heterocycles. The Balaban J connectivity index is 2.08. The van der Waals surface area contributed by atoms with Crippen LogP contribution >= 0.6 is 0 Å². The molecule has 0 aliphatic heterocycles. The molecule has 0 amide bonds. The number of aliphatic hydroxyl groups is 1. The first-order chi connectivity index (χ1) is 9.86. The summed E-state index contributed by atoms with van der Waals surface area (Å²) in [4.78, 5) is 0. The van der Waals surface area contributed by atoms with E-state index >= 15 is 0 Å². The van der Waals surface area contributed by atoms with Crippen molar-refractivity contribution < 1.29 is 14.6 Å². The SMILES string of the molecule is CCCCCCCCOc1ccc(OCCCO)cc1. The molecule has 0 aliphatic carbocycles. The van der Waals surface area contributed by atoms with Gasteiger partial charge in [-0.1, -0.05) is 39.0 Å². The molecule has 0 aromatic heterocycles. The van der Waals surface area contributed by atoms with Crippen molar-refractivity contribution in [1.82, 2.24) is 0 Å². The highest BCUT2D eigenvalue weighted by atomic mass is 16.5. The van der Waals surface area contributed by atoms with Crippen LogP contribution in [-0.4, -0.2) is 24.9 Å². The van der Waals surface area contributed by atoms with E-state index in [4.69, 9.17) is 14.6 Å². The largest absolute Gasteiger partial charge is 0.494 e. The number of aliphatic hydroxyl groups excluding tert-OH is 1. The number of benzene rings is 1. The Bertz CT molecular complexity index is 322. The summed E-state index contributed by atoms with van der Waals surface area (Å²) >= 11 is 0. The van der Waals surface area contributed by atoms with Crippen LogP contribution in [0.2, 0.25) is 0 Å². The first-order valence-electron chi connectivity index (χ1n) is 7.83. The van der Waals surface area contributed by atoms with Crippen molar-refractivity contribution in [3.63, 3.8) is 0 Å². The molecule has 20 heavy (non-hydrogen) atoms. The molecule has 1 N–H and O–H groups in total. The summed E-state index contributed by atoms with van der Waals surface area (Å²) in [6, 6.07) is 7.69. The average Bonchev–Trinajstić information content (AvgIpc) is 2.48. The van der Waals surface area contributed by atoms with Crippen LogP contribution in [-0.2, 0) is 0 Å². The molecule has 3 heteroatoms. The minimum Gasteiger partial charge on any atom is -0.494 e. The van der Waals surface area contributed by atoms with Crippen LogP contribution in [0.4, 0.5) is 0 Å². The van der Waals surface area contributed by atoms with Gasteiger partial charge in [0.1, 0.15) is 11.5 Å². The smallest absolute Gasteiger partial charge is 0.119 e. The molecule has 0 radical (unpaired) electrons. The van der Waals surface area contributed by atoms with Crippen molar-refractivity contribution >= 4 is 0 Å². The number of hydrogen-bond acceptors (Lipinski definition) is 3. The Morgan fingerprint density at radius 1 is 0.750 bits per heavy atom. The van der Waals surface area contributed by atoms with Crippen molar-refractivity contribution in [3.8, 4) is 11.5 Å². The lowest BCUT2D eigenvalue weighted by atomic mass is 10.1. The first-order valence-corrected chi connectivity index (χ1v) is 7.83. The van der Waals surface area contributed by atoms with Crippen molar-refractivity contribution in [2.75, 3.05) is 19.8 Å². The van der Waals surface area contributed by atoms with Crippen LogP contribution in [0.25, 0.3) is 0 Å². The number of unbranched alkanes of at least 4 members (excludes halogenated alkanes) is 5. The molecule has 0 atom stereocenters. The lowest BCUT2D eigenvalue weighted by molar-refractivity contribution is 0.233. The Morgan fingerprint density at radius 2 is 1.25 bits per heavy atom. The van der Waals surface area contributed by atoms with Gasteiger partial charge in [-0.25, -0.2) is 0 Å². The molecule has 0 bridgehead atoms. The second-order valence-electron chi connectivity index (χ2n) is 5.01. The molecule has 0 fully saturated rings.